The van der Waals surface area contributed by atoms with E-state index in [4.69, 9.17) is 4.74 Å². The number of allylic oxidation sites excluding steroid dienone is 1. The molecule has 2 heterocycles. The van der Waals surface area contributed by atoms with Crippen LogP contribution in [0, 0.1) is 0 Å². The molecule has 2 fully saturated rings. The standard InChI is InChI=1S/C12H19NO3/c1-3-8(2)11(14)16-10-6-9-4-5-12(15,7-10)13-9/h3,9-10,13,15H,4-7H2,1-2H3. The van der Waals surface area contributed by atoms with Crippen LogP contribution in [0.5, 0.6) is 0 Å². The molecule has 0 aromatic carbocycles. The molecular formula is C12H19NO3. The molecule has 3 atom stereocenters. The van der Waals surface area contributed by atoms with Crippen molar-refractivity contribution in [3.05, 3.63) is 11.6 Å². The highest BCUT2D eigenvalue weighted by molar-refractivity contribution is 5.87. The summed E-state index contributed by atoms with van der Waals surface area (Å²) in [5.41, 5.74) is -0.185. The minimum absolute atomic E-state index is 0.152. The highest BCUT2D eigenvalue weighted by atomic mass is 16.5. The summed E-state index contributed by atoms with van der Waals surface area (Å²) in [4.78, 5) is 11.6. The number of carbonyl (C=O) groups excluding carboxylic acids is 1. The minimum Gasteiger partial charge on any atom is -0.459 e. The maximum Gasteiger partial charge on any atom is 0.333 e. The van der Waals surface area contributed by atoms with Crippen LogP contribution >= 0.6 is 0 Å². The fourth-order valence-corrected chi connectivity index (χ4v) is 2.50. The predicted molar refractivity (Wildman–Crippen MR) is 59.7 cm³/mol. The summed E-state index contributed by atoms with van der Waals surface area (Å²) in [6.07, 6.45) is 4.63. The maximum atomic E-state index is 11.6. The van der Waals surface area contributed by atoms with Gasteiger partial charge >= 0.3 is 5.97 Å². The van der Waals surface area contributed by atoms with E-state index in [0.29, 0.717) is 18.0 Å². The van der Waals surface area contributed by atoms with E-state index in [1.54, 1.807) is 13.0 Å². The minimum atomic E-state index is -0.808. The Morgan fingerprint density at radius 2 is 2.38 bits per heavy atom. The number of esters is 1. The van der Waals surface area contributed by atoms with Gasteiger partial charge in [0.05, 0.1) is 0 Å². The molecule has 0 aromatic rings. The monoisotopic (exact) mass is 225 g/mol. The van der Waals surface area contributed by atoms with E-state index in [0.717, 1.165) is 19.3 Å². The Bertz CT molecular complexity index is 326. The Kier molecular flexibility index (Phi) is 3.04. The molecular weight excluding hydrogens is 206 g/mol. The number of piperidine rings is 1. The summed E-state index contributed by atoms with van der Waals surface area (Å²) < 4.78 is 5.38. The summed E-state index contributed by atoms with van der Waals surface area (Å²) in [5.74, 6) is -0.266. The molecule has 16 heavy (non-hydrogen) atoms. The third-order valence-corrected chi connectivity index (χ3v) is 3.52. The molecule has 2 bridgehead atoms. The largest absolute Gasteiger partial charge is 0.459 e. The molecule has 0 spiro atoms. The molecule has 4 heteroatoms. The lowest BCUT2D eigenvalue weighted by Crippen LogP contribution is -2.51. The van der Waals surface area contributed by atoms with Crippen molar-refractivity contribution in [1.29, 1.82) is 0 Å². The van der Waals surface area contributed by atoms with Crippen LogP contribution in [0.25, 0.3) is 0 Å². The van der Waals surface area contributed by atoms with E-state index in [-0.39, 0.29) is 12.1 Å². The number of nitrogens with one attached hydrogen (secondary N) is 1. The lowest BCUT2D eigenvalue weighted by Gasteiger charge is -2.34. The van der Waals surface area contributed by atoms with Gasteiger partial charge in [0.15, 0.2) is 0 Å². The average molecular weight is 225 g/mol. The van der Waals surface area contributed by atoms with Crippen LogP contribution in [0.4, 0.5) is 0 Å². The van der Waals surface area contributed by atoms with Crippen molar-refractivity contribution >= 4 is 5.97 Å². The SMILES string of the molecule is CC=C(C)C(=O)OC1CC2CCC(O)(C1)N2. The molecule has 3 unspecified atom stereocenters. The quantitative estimate of drug-likeness (QED) is 0.546. The number of carbonyl (C=O) groups is 1. The van der Waals surface area contributed by atoms with Gasteiger partial charge < -0.3 is 9.84 Å². The normalized spacial score (nSPS) is 38.6. The summed E-state index contributed by atoms with van der Waals surface area (Å²) in [5, 5.41) is 13.2. The lowest BCUT2D eigenvalue weighted by molar-refractivity contribution is -0.150. The van der Waals surface area contributed by atoms with Gasteiger partial charge in [0, 0.05) is 18.0 Å². The zero-order valence-electron chi connectivity index (χ0n) is 9.82. The highest BCUT2D eigenvalue weighted by Gasteiger charge is 2.45. The van der Waals surface area contributed by atoms with Crippen LogP contribution in [0.15, 0.2) is 11.6 Å². The smallest absolute Gasteiger partial charge is 0.333 e. The van der Waals surface area contributed by atoms with Crippen LogP contribution in [0.2, 0.25) is 0 Å². The zero-order chi connectivity index (χ0) is 11.8. The van der Waals surface area contributed by atoms with Gasteiger partial charge in [0.2, 0.25) is 0 Å². The topological polar surface area (TPSA) is 58.6 Å². The van der Waals surface area contributed by atoms with Crippen LogP contribution < -0.4 is 5.32 Å². The fourth-order valence-electron chi connectivity index (χ4n) is 2.50. The van der Waals surface area contributed by atoms with E-state index < -0.39 is 5.72 Å². The first-order valence-electron chi connectivity index (χ1n) is 5.86. The summed E-state index contributed by atoms with van der Waals surface area (Å²) >= 11 is 0. The van der Waals surface area contributed by atoms with Gasteiger partial charge in [-0.1, -0.05) is 6.08 Å². The maximum absolute atomic E-state index is 11.6. The zero-order valence-corrected chi connectivity index (χ0v) is 9.82. The van der Waals surface area contributed by atoms with Crippen molar-refractivity contribution in [1.82, 2.24) is 5.32 Å². The number of rotatable bonds is 2. The van der Waals surface area contributed by atoms with E-state index in [2.05, 4.69) is 5.32 Å². The molecule has 0 aliphatic carbocycles. The Hall–Kier alpha value is -0.870. The van der Waals surface area contributed by atoms with Gasteiger partial charge in [-0.2, -0.15) is 0 Å². The predicted octanol–water partition coefficient (Wildman–Crippen LogP) is 1.10. The molecule has 0 radical (unpaired) electrons. The van der Waals surface area contributed by atoms with E-state index in [1.165, 1.54) is 0 Å². The van der Waals surface area contributed by atoms with Gasteiger partial charge in [-0.05, 0) is 33.1 Å². The molecule has 2 aliphatic heterocycles. The molecule has 4 nitrogen and oxygen atoms in total. The second-order valence-electron chi connectivity index (χ2n) is 4.85. The van der Waals surface area contributed by atoms with Crippen molar-refractivity contribution in [3.63, 3.8) is 0 Å². The van der Waals surface area contributed by atoms with Crippen LogP contribution in [0.3, 0.4) is 0 Å². The van der Waals surface area contributed by atoms with Crippen molar-refractivity contribution in [2.75, 3.05) is 0 Å². The van der Waals surface area contributed by atoms with Gasteiger partial charge in [-0.15, -0.1) is 0 Å². The summed E-state index contributed by atoms with van der Waals surface area (Å²) in [6, 6.07) is 0.294. The van der Waals surface area contributed by atoms with Crippen molar-refractivity contribution in [2.45, 2.75) is 57.4 Å². The second kappa shape index (κ2) is 4.18. The third-order valence-electron chi connectivity index (χ3n) is 3.52. The molecule has 2 rings (SSSR count). The molecule has 2 aliphatic rings. The van der Waals surface area contributed by atoms with Gasteiger partial charge in [-0.3, -0.25) is 5.32 Å². The van der Waals surface area contributed by atoms with Gasteiger partial charge in [-0.25, -0.2) is 4.79 Å². The van der Waals surface area contributed by atoms with Crippen molar-refractivity contribution in [3.8, 4) is 0 Å². The number of hydrogen-bond donors (Lipinski definition) is 2. The number of aliphatic hydroxyl groups is 1. The average Bonchev–Trinajstić information content (AvgIpc) is 2.51. The van der Waals surface area contributed by atoms with Gasteiger partial charge in [0.1, 0.15) is 11.8 Å². The van der Waals surface area contributed by atoms with Crippen LogP contribution in [-0.4, -0.2) is 28.9 Å². The Morgan fingerprint density at radius 3 is 3.00 bits per heavy atom. The first kappa shape index (κ1) is 11.6. The Balaban J connectivity index is 1.95. The van der Waals surface area contributed by atoms with E-state index in [9.17, 15) is 9.90 Å². The highest BCUT2D eigenvalue weighted by Crippen LogP contribution is 2.35. The number of hydrogen-bond acceptors (Lipinski definition) is 4. The Labute approximate surface area is 95.7 Å². The van der Waals surface area contributed by atoms with Crippen molar-refractivity contribution < 1.29 is 14.6 Å². The summed E-state index contributed by atoms with van der Waals surface area (Å²) in [7, 11) is 0. The number of ether oxygens (including phenoxy) is 1. The molecule has 2 saturated heterocycles. The van der Waals surface area contributed by atoms with Gasteiger partial charge in [0.25, 0.3) is 0 Å². The van der Waals surface area contributed by atoms with E-state index in [1.807, 2.05) is 6.92 Å². The third kappa shape index (κ3) is 2.28. The molecule has 0 saturated carbocycles. The molecule has 0 aromatic heterocycles. The Morgan fingerprint density at radius 1 is 1.62 bits per heavy atom. The van der Waals surface area contributed by atoms with Crippen molar-refractivity contribution in [2.24, 2.45) is 0 Å². The number of fused-ring (bicyclic) bond motifs is 2. The second-order valence-corrected chi connectivity index (χ2v) is 4.85. The molecule has 2 N–H and O–H groups in total. The van der Waals surface area contributed by atoms with Crippen LogP contribution in [0.1, 0.15) is 39.5 Å². The molecule has 90 valence electrons. The first-order chi connectivity index (χ1) is 7.52. The van der Waals surface area contributed by atoms with E-state index >= 15 is 0 Å². The first-order valence-corrected chi connectivity index (χ1v) is 5.86. The lowest BCUT2D eigenvalue weighted by atomic mass is 10.00. The molecule has 0 amide bonds. The fraction of sp³-hybridized carbons (Fsp3) is 0.750. The summed E-state index contributed by atoms with van der Waals surface area (Å²) in [6.45, 7) is 3.56. The van der Waals surface area contributed by atoms with Crippen LogP contribution in [-0.2, 0) is 9.53 Å².